The Hall–Kier alpha value is -3.15. The first-order chi connectivity index (χ1) is 14.6. The first-order valence-corrected chi connectivity index (χ1v) is 10.2. The van der Waals surface area contributed by atoms with Crippen LogP contribution < -0.4 is 20.7 Å². The Morgan fingerprint density at radius 2 is 1.80 bits per heavy atom. The van der Waals surface area contributed by atoms with Crippen molar-refractivity contribution in [2.75, 3.05) is 25.5 Å². The van der Waals surface area contributed by atoms with Crippen LogP contribution in [0.3, 0.4) is 0 Å². The maximum Gasteiger partial charge on any atom is 0.258 e. The summed E-state index contributed by atoms with van der Waals surface area (Å²) in [5, 5.41) is 3.18. The second kappa shape index (κ2) is 10.6. The van der Waals surface area contributed by atoms with E-state index in [9.17, 15) is 4.79 Å². The molecule has 1 amide bonds. The number of ether oxygens (including phenoxy) is 1. The summed E-state index contributed by atoms with van der Waals surface area (Å²) >= 11 is 0. The Bertz CT molecular complexity index is 959. The van der Waals surface area contributed by atoms with Crippen LogP contribution in [-0.4, -0.2) is 26.5 Å². The van der Waals surface area contributed by atoms with Crippen LogP contribution in [0.15, 0.2) is 78.9 Å². The van der Waals surface area contributed by atoms with Gasteiger partial charge in [0.2, 0.25) is 0 Å². The molecule has 3 N–H and O–H groups in total. The number of nitrogens with two attached hydrogens (primary N) is 1. The quantitative estimate of drug-likeness (QED) is 0.563. The molecule has 0 aromatic heterocycles. The van der Waals surface area contributed by atoms with Gasteiger partial charge in [0.1, 0.15) is 11.9 Å². The Kier molecular flexibility index (Phi) is 7.60. The fourth-order valence-electron chi connectivity index (χ4n) is 3.31. The van der Waals surface area contributed by atoms with Crippen LogP contribution in [0, 0.1) is 0 Å². The molecule has 0 spiro atoms. The molecule has 0 fully saturated rings. The first kappa shape index (κ1) is 21.6. The molecule has 0 saturated carbocycles. The van der Waals surface area contributed by atoms with Crippen molar-refractivity contribution in [3.05, 3.63) is 95.6 Å². The van der Waals surface area contributed by atoms with Crippen molar-refractivity contribution in [1.29, 1.82) is 0 Å². The molecule has 5 heteroatoms. The average molecular weight is 404 g/mol. The highest BCUT2D eigenvalue weighted by atomic mass is 16.5. The van der Waals surface area contributed by atoms with E-state index in [1.165, 1.54) is 0 Å². The van der Waals surface area contributed by atoms with Gasteiger partial charge in [-0.25, -0.2) is 0 Å². The zero-order chi connectivity index (χ0) is 21.3. The van der Waals surface area contributed by atoms with Crippen LogP contribution in [0.5, 0.6) is 5.75 Å². The largest absolute Gasteiger partial charge is 0.486 e. The lowest BCUT2D eigenvalue weighted by Gasteiger charge is -2.22. The van der Waals surface area contributed by atoms with Gasteiger partial charge in [0.05, 0.1) is 0 Å². The minimum absolute atomic E-state index is 0.0730. The van der Waals surface area contributed by atoms with Crippen molar-refractivity contribution < 1.29 is 9.53 Å². The van der Waals surface area contributed by atoms with E-state index in [2.05, 4.69) is 17.4 Å². The molecule has 3 aromatic carbocycles. The summed E-state index contributed by atoms with van der Waals surface area (Å²) in [6.45, 7) is 1.25. The van der Waals surface area contributed by atoms with Gasteiger partial charge >= 0.3 is 0 Å². The van der Waals surface area contributed by atoms with Gasteiger partial charge in [0.25, 0.3) is 5.91 Å². The Morgan fingerprint density at radius 1 is 1.03 bits per heavy atom. The molecule has 5 nitrogen and oxygen atoms in total. The molecule has 0 bridgehead atoms. The smallest absolute Gasteiger partial charge is 0.258 e. The van der Waals surface area contributed by atoms with Gasteiger partial charge in [0.15, 0.2) is 0 Å². The summed E-state index contributed by atoms with van der Waals surface area (Å²) in [6, 6.07) is 25.2. The van der Waals surface area contributed by atoms with Gasteiger partial charge in [-0.05, 0) is 49.0 Å². The topological polar surface area (TPSA) is 67.6 Å². The number of carbonyl (C=O) groups is 1. The molecular weight excluding hydrogens is 374 g/mol. The molecule has 30 heavy (non-hydrogen) atoms. The maximum absolute atomic E-state index is 12.9. The van der Waals surface area contributed by atoms with Crippen LogP contribution in [0.1, 0.15) is 34.0 Å². The molecule has 0 saturated heterocycles. The van der Waals surface area contributed by atoms with Gasteiger partial charge in [-0.1, -0.05) is 48.5 Å². The second-order valence-electron chi connectivity index (χ2n) is 7.18. The Labute approximate surface area is 178 Å². The number of nitrogens with zero attached hydrogens (tertiary/aromatic N) is 1. The summed E-state index contributed by atoms with van der Waals surface area (Å²) in [6.07, 6.45) is 0.766. The number of hydrogen-bond acceptors (Lipinski definition) is 4. The number of nitrogens with one attached hydrogen (secondary N) is 1. The molecule has 1 atom stereocenters. The van der Waals surface area contributed by atoms with Crippen LogP contribution in [0.25, 0.3) is 0 Å². The van der Waals surface area contributed by atoms with Crippen molar-refractivity contribution in [2.45, 2.75) is 19.1 Å². The third-order valence-corrected chi connectivity index (χ3v) is 5.03. The maximum atomic E-state index is 12.9. The van der Waals surface area contributed by atoms with Crippen LogP contribution >= 0.6 is 0 Å². The van der Waals surface area contributed by atoms with E-state index >= 15 is 0 Å². The Morgan fingerprint density at radius 3 is 2.53 bits per heavy atom. The van der Waals surface area contributed by atoms with Crippen molar-refractivity contribution in [1.82, 2.24) is 5.32 Å². The predicted octanol–water partition coefficient (Wildman–Crippen LogP) is 4.15. The molecule has 3 aromatic rings. The highest BCUT2D eigenvalue weighted by Gasteiger charge is 2.16. The summed E-state index contributed by atoms with van der Waals surface area (Å²) in [7, 11) is 3.70. The fourth-order valence-corrected chi connectivity index (χ4v) is 3.31. The number of benzene rings is 3. The average Bonchev–Trinajstić information content (AvgIpc) is 2.81. The highest BCUT2D eigenvalue weighted by Crippen LogP contribution is 2.28. The van der Waals surface area contributed by atoms with Gasteiger partial charge < -0.3 is 20.7 Å². The standard InChI is InChI=1S/C25H29N3O2/c1-27-15-14-24(20-9-4-3-5-10-20)30-23-13-7-12-22(17-23)28(2)25(29)21-11-6-8-19(16-21)18-26/h3-13,16-17,24,27H,14-15,18,26H2,1-2H3. The van der Waals surface area contributed by atoms with Crippen molar-refractivity contribution in [3.63, 3.8) is 0 Å². The molecule has 3 rings (SSSR count). The van der Waals surface area contributed by atoms with E-state index in [0.29, 0.717) is 12.1 Å². The third-order valence-electron chi connectivity index (χ3n) is 5.03. The van der Waals surface area contributed by atoms with Crippen LogP contribution in [0.2, 0.25) is 0 Å². The van der Waals surface area contributed by atoms with Gasteiger partial charge in [0, 0.05) is 37.3 Å². The zero-order valence-electron chi connectivity index (χ0n) is 17.5. The molecule has 1 unspecified atom stereocenters. The molecule has 0 radical (unpaired) electrons. The molecule has 0 aliphatic rings. The highest BCUT2D eigenvalue weighted by molar-refractivity contribution is 6.05. The van der Waals surface area contributed by atoms with E-state index in [-0.39, 0.29) is 12.0 Å². The fraction of sp³-hybridized carbons (Fsp3) is 0.240. The van der Waals surface area contributed by atoms with Gasteiger partial charge in [-0.3, -0.25) is 4.79 Å². The van der Waals surface area contributed by atoms with Gasteiger partial charge in [-0.2, -0.15) is 0 Å². The van der Waals surface area contributed by atoms with Gasteiger partial charge in [-0.15, -0.1) is 0 Å². The number of anilines is 1. The lowest BCUT2D eigenvalue weighted by Crippen LogP contribution is -2.26. The number of amides is 1. The molecule has 0 aliphatic heterocycles. The lowest BCUT2D eigenvalue weighted by molar-refractivity contribution is 0.0993. The van der Waals surface area contributed by atoms with E-state index in [1.54, 1.807) is 11.9 Å². The van der Waals surface area contributed by atoms with E-state index in [4.69, 9.17) is 10.5 Å². The number of rotatable bonds is 9. The molecule has 156 valence electrons. The minimum atomic E-state index is -0.0859. The SMILES string of the molecule is CNCCC(Oc1cccc(N(C)C(=O)c2cccc(CN)c2)c1)c1ccccc1. The summed E-state index contributed by atoms with van der Waals surface area (Å²) in [4.78, 5) is 14.6. The van der Waals surface area contributed by atoms with Crippen LogP contribution in [0.4, 0.5) is 5.69 Å². The normalized spacial score (nSPS) is 11.7. The zero-order valence-corrected chi connectivity index (χ0v) is 17.5. The van der Waals surface area contributed by atoms with E-state index < -0.39 is 0 Å². The molecular formula is C25H29N3O2. The molecule has 0 aliphatic carbocycles. The van der Waals surface area contributed by atoms with Crippen molar-refractivity contribution >= 4 is 11.6 Å². The first-order valence-electron chi connectivity index (χ1n) is 10.2. The third kappa shape index (κ3) is 5.47. The number of hydrogen-bond donors (Lipinski definition) is 2. The van der Waals surface area contributed by atoms with E-state index in [0.717, 1.165) is 35.5 Å². The van der Waals surface area contributed by atoms with Crippen molar-refractivity contribution in [2.24, 2.45) is 5.73 Å². The summed E-state index contributed by atoms with van der Waals surface area (Å²) in [5.41, 5.74) is 9.16. The second-order valence-corrected chi connectivity index (χ2v) is 7.18. The number of carbonyl (C=O) groups excluding carboxylic acids is 1. The Balaban J connectivity index is 1.79. The monoisotopic (exact) mass is 403 g/mol. The lowest BCUT2D eigenvalue weighted by atomic mass is 10.1. The van der Waals surface area contributed by atoms with E-state index in [1.807, 2.05) is 73.8 Å². The summed E-state index contributed by atoms with van der Waals surface area (Å²) < 4.78 is 6.32. The minimum Gasteiger partial charge on any atom is -0.486 e. The predicted molar refractivity (Wildman–Crippen MR) is 122 cm³/mol. The van der Waals surface area contributed by atoms with Crippen molar-refractivity contribution in [3.8, 4) is 5.75 Å². The van der Waals surface area contributed by atoms with Crippen LogP contribution in [-0.2, 0) is 6.54 Å². The molecule has 0 heterocycles. The summed E-state index contributed by atoms with van der Waals surface area (Å²) in [5.74, 6) is 0.644.